The molecule has 0 aliphatic heterocycles. The number of rotatable bonds is 3. The third-order valence-corrected chi connectivity index (χ3v) is 2.04. The molecule has 0 fully saturated rings. The van der Waals surface area contributed by atoms with Gasteiger partial charge >= 0.3 is 5.97 Å². The maximum Gasteiger partial charge on any atom is 0.356 e. The number of benzene rings is 1. The van der Waals surface area contributed by atoms with E-state index < -0.39 is 11.8 Å². The van der Waals surface area contributed by atoms with E-state index in [1.807, 2.05) is 0 Å². The van der Waals surface area contributed by atoms with Crippen molar-refractivity contribution in [2.24, 2.45) is 0 Å². The first-order valence-electron chi connectivity index (χ1n) is 4.58. The first-order valence-corrected chi connectivity index (χ1v) is 4.58. The number of carboxylic acids is 1. The highest BCUT2D eigenvalue weighted by Gasteiger charge is 2.06. The van der Waals surface area contributed by atoms with Crippen LogP contribution in [-0.4, -0.2) is 20.9 Å². The van der Waals surface area contributed by atoms with E-state index >= 15 is 0 Å². The van der Waals surface area contributed by atoms with Crippen LogP contribution in [-0.2, 0) is 6.54 Å². The molecule has 1 aromatic carbocycles. The summed E-state index contributed by atoms with van der Waals surface area (Å²) in [6.45, 7) is 0.332. The monoisotopic (exact) mass is 219 g/mol. The van der Waals surface area contributed by atoms with Crippen molar-refractivity contribution in [2.45, 2.75) is 6.54 Å². The number of hydrogen-bond donors (Lipinski definition) is 1. The summed E-state index contributed by atoms with van der Waals surface area (Å²) in [4.78, 5) is 10.6. The third kappa shape index (κ3) is 2.25. The van der Waals surface area contributed by atoms with Gasteiger partial charge in [-0.2, -0.15) is 5.10 Å². The van der Waals surface area contributed by atoms with Crippen molar-refractivity contribution in [3.8, 4) is 0 Å². The van der Waals surface area contributed by atoms with E-state index in [-0.39, 0.29) is 5.69 Å². The molecule has 0 bridgehead atoms. The number of aromatic carboxylic acids is 1. The SMILES string of the molecule is O=C(O)c1ccn(Cc2cc[c]c(F)c2)n1. The van der Waals surface area contributed by atoms with Gasteiger partial charge in [0.2, 0.25) is 0 Å². The van der Waals surface area contributed by atoms with Gasteiger partial charge in [-0.05, 0) is 17.7 Å². The lowest BCUT2D eigenvalue weighted by Gasteiger charge is -2.01. The fraction of sp³-hybridized carbons (Fsp3) is 0.0909. The van der Waals surface area contributed by atoms with Crippen LogP contribution in [0.5, 0.6) is 0 Å². The lowest BCUT2D eigenvalue weighted by molar-refractivity contribution is 0.0689. The number of halogens is 1. The summed E-state index contributed by atoms with van der Waals surface area (Å²) in [5.74, 6) is -1.52. The van der Waals surface area contributed by atoms with Crippen molar-refractivity contribution < 1.29 is 14.3 Å². The molecule has 2 aromatic rings. The molecule has 0 saturated heterocycles. The Kier molecular flexibility index (Phi) is 2.68. The Hall–Kier alpha value is -2.17. The molecule has 1 radical (unpaired) electrons. The summed E-state index contributed by atoms with van der Waals surface area (Å²) in [7, 11) is 0. The molecule has 81 valence electrons. The Bertz CT molecular complexity index is 522. The molecule has 16 heavy (non-hydrogen) atoms. The molecule has 1 heterocycles. The van der Waals surface area contributed by atoms with Crippen molar-refractivity contribution in [1.29, 1.82) is 0 Å². The van der Waals surface area contributed by atoms with Crippen LogP contribution in [0.2, 0.25) is 0 Å². The molecule has 0 spiro atoms. The molecule has 2 rings (SSSR count). The average Bonchev–Trinajstić information content (AvgIpc) is 2.66. The van der Waals surface area contributed by atoms with Gasteiger partial charge in [0.1, 0.15) is 5.82 Å². The van der Waals surface area contributed by atoms with Gasteiger partial charge in [0.05, 0.1) is 6.54 Å². The Morgan fingerprint density at radius 3 is 3.00 bits per heavy atom. The summed E-state index contributed by atoms with van der Waals surface area (Å²) < 4.78 is 14.3. The molecular formula is C11H8FN2O2. The zero-order valence-electron chi connectivity index (χ0n) is 8.22. The molecule has 0 amide bonds. The van der Waals surface area contributed by atoms with Crippen LogP contribution in [0.25, 0.3) is 0 Å². The van der Waals surface area contributed by atoms with Crippen LogP contribution in [0.3, 0.4) is 0 Å². The highest BCUT2D eigenvalue weighted by atomic mass is 19.1. The minimum Gasteiger partial charge on any atom is -0.476 e. The number of carboxylic acid groups (broad SMARTS) is 1. The zero-order chi connectivity index (χ0) is 11.5. The third-order valence-electron chi connectivity index (χ3n) is 2.04. The predicted molar refractivity (Wildman–Crippen MR) is 53.5 cm³/mol. The van der Waals surface area contributed by atoms with Crippen molar-refractivity contribution in [3.05, 3.63) is 53.6 Å². The van der Waals surface area contributed by atoms with E-state index in [2.05, 4.69) is 11.2 Å². The van der Waals surface area contributed by atoms with Gasteiger partial charge in [-0.25, -0.2) is 9.18 Å². The van der Waals surface area contributed by atoms with Gasteiger partial charge in [0, 0.05) is 12.3 Å². The van der Waals surface area contributed by atoms with Crippen LogP contribution < -0.4 is 0 Å². The van der Waals surface area contributed by atoms with E-state index in [4.69, 9.17) is 5.11 Å². The molecule has 0 atom stereocenters. The largest absolute Gasteiger partial charge is 0.476 e. The van der Waals surface area contributed by atoms with Gasteiger partial charge < -0.3 is 5.11 Å². The second-order valence-corrected chi connectivity index (χ2v) is 3.25. The number of aromatic nitrogens is 2. The fourth-order valence-electron chi connectivity index (χ4n) is 1.33. The van der Waals surface area contributed by atoms with Crippen LogP contribution in [0.4, 0.5) is 4.39 Å². The summed E-state index contributed by atoms with van der Waals surface area (Å²) in [5, 5.41) is 12.5. The van der Waals surface area contributed by atoms with Gasteiger partial charge in [0.25, 0.3) is 0 Å². The molecule has 0 saturated carbocycles. The van der Waals surface area contributed by atoms with Crippen molar-refractivity contribution in [1.82, 2.24) is 9.78 Å². The average molecular weight is 219 g/mol. The van der Waals surface area contributed by atoms with Crippen LogP contribution in [0.1, 0.15) is 16.1 Å². The lowest BCUT2D eigenvalue weighted by Crippen LogP contribution is -2.04. The highest BCUT2D eigenvalue weighted by Crippen LogP contribution is 2.05. The lowest BCUT2D eigenvalue weighted by atomic mass is 10.2. The van der Waals surface area contributed by atoms with Crippen molar-refractivity contribution >= 4 is 5.97 Å². The number of hydrogen-bond acceptors (Lipinski definition) is 2. The molecule has 0 aliphatic rings. The number of nitrogens with zero attached hydrogens (tertiary/aromatic N) is 2. The Morgan fingerprint density at radius 2 is 2.38 bits per heavy atom. The number of carbonyl (C=O) groups is 1. The predicted octanol–water partition coefficient (Wildman–Crippen LogP) is 1.57. The summed E-state index contributed by atoms with van der Waals surface area (Å²) in [6.07, 6.45) is 1.54. The summed E-state index contributed by atoms with van der Waals surface area (Å²) >= 11 is 0. The molecule has 0 unspecified atom stereocenters. The van der Waals surface area contributed by atoms with E-state index in [0.29, 0.717) is 12.1 Å². The summed E-state index contributed by atoms with van der Waals surface area (Å²) in [5.41, 5.74) is 0.680. The van der Waals surface area contributed by atoms with Gasteiger partial charge in [-0.15, -0.1) is 0 Å². The maximum atomic E-state index is 12.8. The smallest absolute Gasteiger partial charge is 0.356 e. The molecule has 5 heteroatoms. The van der Waals surface area contributed by atoms with Crippen molar-refractivity contribution in [2.75, 3.05) is 0 Å². The second kappa shape index (κ2) is 4.14. The molecule has 0 aliphatic carbocycles. The minimum atomic E-state index is -1.08. The minimum absolute atomic E-state index is 0.0250. The zero-order valence-corrected chi connectivity index (χ0v) is 8.22. The first-order chi connectivity index (χ1) is 7.65. The fourth-order valence-corrected chi connectivity index (χ4v) is 1.33. The maximum absolute atomic E-state index is 12.8. The molecule has 4 nitrogen and oxygen atoms in total. The van der Waals surface area contributed by atoms with Gasteiger partial charge in [-0.1, -0.05) is 12.1 Å². The topological polar surface area (TPSA) is 55.1 Å². The van der Waals surface area contributed by atoms with Crippen LogP contribution >= 0.6 is 0 Å². The van der Waals surface area contributed by atoms with Gasteiger partial charge in [-0.3, -0.25) is 4.68 Å². The van der Waals surface area contributed by atoms with Crippen molar-refractivity contribution in [3.63, 3.8) is 0 Å². The van der Waals surface area contributed by atoms with E-state index in [1.165, 1.54) is 29.1 Å². The van der Waals surface area contributed by atoms with Gasteiger partial charge in [0.15, 0.2) is 5.69 Å². The van der Waals surface area contributed by atoms with Crippen LogP contribution in [0.15, 0.2) is 30.5 Å². The van der Waals surface area contributed by atoms with E-state index in [9.17, 15) is 9.18 Å². The highest BCUT2D eigenvalue weighted by molar-refractivity contribution is 5.85. The first kappa shape index (κ1) is 10.4. The molecule has 1 N–H and O–H groups in total. The normalized spacial score (nSPS) is 10.3. The quantitative estimate of drug-likeness (QED) is 0.852. The molecule has 1 aromatic heterocycles. The Balaban J connectivity index is 2.17. The summed E-state index contributed by atoms with van der Waals surface area (Å²) in [6, 6.07) is 8.30. The Labute approximate surface area is 90.9 Å². The standard InChI is InChI=1S/C11H8FN2O2/c12-9-3-1-2-8(6-9)7-14-5-4-10(13-14)11(15)16/h1-2,4-6H,7H2,(H,15,16). The Morgan fingerprint density at radius 1 is 1.56 bits per heavy atom. The van der Waals surface area contributed by atoms with E-state index in [1.54, 1.807) is 6.07 Å². The van der Waals surface area contributed by atoms with Crippen LogP contribution in [0, 0.1) is 11.9 Å². The second-order valence-electron chi connectivity index (χ2n) is 3.25. The van der Waals surface area contributed by atoms with E-state index in [0.717, 1.165) is 0 Å². The molecular weight excluding hydrogens is 211 g/mol.